The van der Waals surface area contributed by atoms with Crippen LogP contribution in [0.2, 0.25) is 0 Å². The lowest BCUT2D eigenvalue weighted by atomic mass is 10.8. The van der Waals surface area contributed by atoms with Crippen molar-refractivity contribution in [1.29, 1.82) is 0 Å². The minimum Gasteiger partial charge on any atom is -0.380 e. The normalized spacial score (nSPS) is 10.0. The Hall–Kier alpha value is 1.24. The third-order valence-corrected chi connectivity index (χ3v) is 2.18. The lowest BCUT2D eigenvalue weighted by Gasteiger charge is -1.97. The van der Waals surface area contributed by atoms with Crippen molar-refractivity contribution in [2.75, 3.05) is 24.7 Å². The minimum absolute atomic E-state index is 0.714. The Morgan fingerprint density at radius 3 is 1.78 bits per heavy atom. The van der Waals surface area contributed by atoms with Crippen molar-refractivity contribution in [1.82, 2.24) is 0 Å². The molecule has 0 bridgehead atoms. The average molecular weight is 207 g/mol. The van der Waals surface area contributed by atoms with Crippen LogP contribution in [0.4, 0.5) is 0 Å². The summed E-state index contributed by atoms with van der Waals surface area (Å²) in [5, 5.41) is 0. The first-order chi connectivity index (χ1) is 4.41. The van der Waals surface area contributed by atoms with Gasteiger partial charge in [-0.1, -0.05) is 22.0 Å². The molecular formula is C4H8Cl2OS2. The van der Waals surface area contributed by atoms with E-state index >= 15 is 0 Å². The fourth-order valence-electron chi connectivity index (χ4n) is 0.283. The molecule has 0 atom stereocenters. The molecule has 1 nitrogen and oxygen atoms in total. The van der Waals surface area contributed by atoms with E-state index in [0.29, 0.717) is 13.2 Å². The third-order valence-electron chi connectivity index (χ3n) is 0.610. The Balaban J connectivity index is 2.60. The zero-order chi connectivity index (χ0) is 6.95. The van der Waals surface area contributed by atoms with Crippen LogP contribution in [-0.2, 0) is 4.74 Å². The SMILES string of the molecule is ClSCCOCCSCl. The maximum atomic E-state index is 5.32. The number of rotatable bonds is 6. The fourth-order valence-corrected chi connectivity index (χ4v) is 1.02. The largest absolute Gasteiger partial charge is 0.380 e. The van der Waals surface area contributed by atoms with Crippen molar-refractivity contribution in [2.24, 2.45) is 0 Å². The molecule has 0 aromatic rings. The molecule has 0 N–H and O–H groups in total. The van der Waals surface area contributed by atoms with Gasteiger partial charge in [0.2, 0.25) is 0 Å². The first-order valence-corrected chi connectivity index (χ1v) is 6.09. The third kappa shape index (κ3) is 9.24. The molecule has 0 aliphatic heterocycles. The van der Waals surface area contributed by atoms with Crippen molar-refractivity contribution in [2.45, 2.75) is 0 Å². The van der Waals surface area contributed by atoms with Gasteiger partial charge in [0.25, 0.3) is 0 Å². The molecule has 5 heteroatoms. The van der Waals surface area contributed by atoms with Gasteiger partial charge in [0.1, 0.15) is 0 Å². The van der Waals surface area contributed by atoms with Gasteiger partial charge in [-0.2, -0.15) is 0 Å². The van der Waals surface area contributed by atoms with Crippen molar-refractivity contribution in [3.05, 3.63) is 0 Å². The zero-order valence-corrected chi connectivity index (χ0v) is 7.95. The van der Waals surface area contributed by atoms with Crippen LogP contribution in [0, 0.1) is 0 Å². The Kier molecular flexibility index (Phi) is 10.5. The molecule has 0 rings (SSSR count). The van der Waals surface area contributed by atoms with Crippen LogP contribution in [0.5, 0.6) is 0 Å². The summed E-state index contributed by atoms with van der Waals surface area (Å²) in [5.74, 6) is 1.68. The van der Waals surface area contributed by atoms with E-state index in [4.69, 9.17) is 26.1 Å². The highest BCUT2D eigenvalue weighted by molar-refractivity contribution is 8.21. The zero-order valence-electron chi connectivity index (χ0n) is 4.81. The number of hydrogen-bond acceptors (Lipinski definition) is 3. The van der Waals surface area contributed by atoms with Crippen LogP contribution < -0.4 is 0 Å². The van der Waals surface area contributed by atoms with E-state index < -0.39 is 0 Å². The van der Waals surface area contributed by atoms with Gasteiger partial charge in [-0.3, -0.25) is 0 Å². The molecule has 0 saturated carbocycles. The summed E-state index contributed by atoms with van der Waals surface area (Å²) in [5.41, 5.74) is 0. The minimum atomic E-state index is 0.714. The molecule has 9 heavy (non-hydrogen) atoms. The van der Waals surface area contributed by atoms with E-state index in [-0.39, 0.29) is 0 Å². The topological polar surface area (TPSA) is 9.23 Å². The van der Waals surface area contributed by atoms with Crippen LogP contribution in [0.1, 0.15) is 0 Å². The van der Waals surface area contributed by atoms with Gasteiger partial charge >= 0.3 is 0 Å². The second kappa shape index (κ2) is 9.24. The molecule has 0 aliphatic carbocycles. The highest BCUT2D eigenvalue weighted by Gasteiger charge is 1.86. The molecule has 0 fully saturated rings. The first kappa shape index (κ1) is 10.2. The molecule has 0 amide bonds. The van der Waals surface area contributed by atoms with E-state index in [9.17, 15) is 0 Å². The summed E-state index contributed by atoms with van der Waals surface area (Å²) in [4.78, 5) is 0. The predicted molar refractivity (Wildman–Crippen MR) is 47.4 cm³/mol. The molecule has 0 aromatic heterocycles. The van der Waals surface area contributed by atoms with Gasteiger partial charge < -0.3 is 4.74 Å². The van der Waals surface area contributed by atoms with Crippen molar-refractivity contribution in [3.63, 3.8) is 0 Å². The Labute approximate surface area is 72.8 Å². The van der Waals surface area contributed by atoms with Crippen molar-refractivity contribution < 1.29 is 4.74 Å². The van der Waals surface area contributed by atoms with Crippen molar-refractivity contribution in [3.8, 4) is 0 Å². The van der Waals surface area contributed by atoms with Crippen LogP contribution in [0.25, 0.3) is 0 Å². The molecule has 0 aliphatic rings. The van der Waals surface area contributed by atoms with E-state index in [1.54, 1.807) is 0 Å². The van der Waals surface area contributed by atoms with Gasteiger partial charge in [-0.15, -0.1) is 0 Å². The van der Waals surface area contributed by atoms with E-state index in [2.05, 4.69) is 0 Å². The van der Waals surface area contributed by atoms with Gasteiger partial charge in [0.05, 0.1) is 13.2 Å². The Bertz CT molecular complexity index is 49.8. The van der Waals surface area contributed by atoms with Crippen LogP contribution in [-0.4, -0.2) is 24.7 Å². The molecule has 0 aromatic carbocycles. The quantitative estimate of drug-likeness (QED) is 0.620. The summed E-state index contributed by atoms with van der Waals surface area (Å²) in [6.45, 7) is 1.43. The van der Waals surface area contributed by atoms with Crippen LogP contribution in [0.3, 0.4) is 0 Å². The summed E-state index contributed by atoms with van der Waals surface area (Å²) in [6.07, 6.45) is 0. The molecule has 0 heterocycles. The molecule has 0 spiro atoms. The summed E-state index contributed by atoms with van der Waals surface area (Å²) in [7, 11) is 13.2. The predicted octanol–water partition coefficient (Wildman–Crippen LogP) is 2.78. The number of ether oxygens (including phenoxy) is 1. The van der Waals surface area contributed by atoms with Crippen LogP contribution in [0.15, 0.2) is 0 Å². The summed E-state index contributed by atoms with van der Waals surface area (Å²) >= 11 is 0. The van der Waals surface area contributed by atoms with Gasteiger partial charge in [-0.25, -0.2) is 0 Å². The monoisotopic (exact) mass is 206 g/mol. The van der Waals surface area contributed by atoms with Gasteiger partial charge in [-0.05, 0) is 21.4 Å². The fraction of sp³-hybridized carbons (Fsp3) is 1.00. The van der Waals surface area contributed by atoms with E-state index in [1.165, 1.54) is 22.0 Å². The maximum Gasteiger partial charge on any atom is 0.0568 e. The first-order valence-electron chi connectivity index (χ1n) is 2.46. The Morgan fingerprint density at radius 2 is 1.44 bits per heavy atom. The highest BCUT2D eigenvalue weighted by Crippen LogP contribution is 2.06. The van der Waals surface area contributed by atoms with Gasteiger partial charge in [0, 0.05) is 11.5 Å². The molecular weight excluding hydrogens is 199 g/mol. The molecule has 0 saturated heterocycles. The lowest BCUT2D eigenvalue weighted by molar-refractivity contribution is 0.167. The summed E-state index contributed by atoms with van der Waals surface area (Å²) in [6, 6.07) is 0. The van der Waals surface area contributed by atoms with E-state index in [0.717, 1.165) is 11.5 Å². The number of halogens is 2. The van der Waals surface area contributed by atoms with Gasteiger partial charge in [0.15, 0.2) is 0 Å². The maximum absolute atomic E-state index is 5.32. The molecule has 0 unspecified atom stereocenters. The van der Waals surface area contributed by atoms with E-state index in [1.807, 2.05) is 0 Å². The van der Waals surface area contributed by atoms with Crippen molar-refractivity contribution >= 4 is 43.3 Å². The second-order valence-corrected chi connectivity index (χ2v) is 3.80. The standard InChI is InChI=1S/C4H8Cl2OS2/c5-8-3-1-7-2-4-9-6/h1-4H2. The molecule has 56 valence electrons. The molecule has 0 radical (unpaired) electrons. The Morgan fingerprint density at radius 1 is 1.00 bits per heavy atom. The smallest absolute Gasteiger partial charge is 0.0568 e. The second-order valence-electron chi connectivity index (χ2n) is 1.24. The number of hydrogen-bond donors (Lipinski definition) is 0. The van der Waals surface area contributed by atoms with Crippen LogP contribution >= 0.6 is 43.3 Å². The highest BCUT2D eigenvalue weighted by atomic mass is 35.7. The average Bonchev–Trinajstić information content (AvgIpc) is 1.89. The summed E-state index contributed by atoms with van der Waals surface area (Å²) < 4.78 is 5.10. The lowest BCUT2D eigenvalue weighted by Crippen LogP contribution is -1.99.